The molecular weight excluding hydrogens is 234 g/mol. The van der Waals surface area contributed by atoms with E-state index in [4.69, 9.17) is 0 Å². The van der Waals surface area contributed by atoms with E-state index in [1.807, 2.05) is 0 Å². The summed E-state index contributed by atoms with van der Waals surface area (Å²) < 4.78 is 26.2. The van der Waals surface area contributed by atoms with E-state index in [-0.39, 0.29) is 18.8 Å². The van der Waals surface area contributed by atoms with Crippen molar-refractivity contribution >= 4 is 0 Å². The van der Waals surface area contributed by atoms with Gasteiger partial charge >= 0.3 is 0 Å². The normalized spacial score (nSPS) is 32.0. The van der Waals surface area contributed by atoms with Gasteiger partial charge in [0.05, 0.1) is 0 Å². The Morgan fingerprint density at radius 3 is 2.72 bits per heavy atom. The maximum Gasteiger partial charge on any atom is 0.248 e. The van der Waals surface area contributed by atoms with Crippen LogP contribution in [0.15, 0.2) is 0 Å². The third-order valence-electron chi connectivity index (χ3n) is 4.35. The number of halogens is 2. The van der Waals surface area contributed by atoms with Crippen LogP contribution in [-0.4, -0.2) is 43.5 Å². The summed E-state index contributed by atoms with van der Waals surface area (Å²) in [7, 11) is 2.07. The van der Waals surface area contributed by atoms with Crippen LogP contribution in [0.1, 0.15) is 44.9 Å². The quantitative estimate of drug-likeness (QED) is 0.817. The van der Waals surface area contributed by atoms with Gasteiger partial charge in [0.2, 0.25) is 5.92 Å². The van der Waals surface area contributed by atoms with Crippen LogP contribution in [-0.2, 0) is 0 Å². The molecule has 1 aliphatic carbocycles. The molecule has 0 spiro atoms. The molecule has 0 bridgehead atoms. The summed E-state index contributed by atoms with van der Waals surface area (Å²) in [6, 6.07) is 0.645. The topological polar surface area (TPSA) is 15.3 Å². The van der Waals surface area contributed by atoms with E-state index in [0.29, 0.717) is 12.5 Å². The van der Waals surface area contributed by atoms with Gasteiger partial charge in [-0.3, -0.25) is 0 Å². The summed E-state index contributed by atoms with van der Waals surface area (Å²) in [5.74, 6) is -2.19. The minimum absolute atomic E-state index is 0.0929. The predicted molar refractivity (Wildman–Crippen MR) is 70.0 cm³/mol. The summed E-state index contributed by atoms with van der Waals surface area (Å²) >= 11 is 0. The minimum Gasteiger partial charge on any atom is -0.314 e. The van der Waals surface area contributed by atoms with Gasteiger partial charge in [0.25, 0.3) is 0 Å². The minimum atomic E-state index is -2.39. The summed E-state index contributed by atoms with van der Waals surface area (Å²) in [6.07, 6.45) is 5.93. The molecule has 0 radical (unpaired) electrons. The Bertz CT molecular complexity index is 252. The predicted octanol–water partition coefficient (Wildman–Crippen LogP) is 2.89. The fourth-order valence-electron chi connectivity index (χ4n) is 3.28. The van der Waals surface area contributed by atoms with Crippen molar-refractivity contribution in [2.24, 2.45) is 5.92 Å². The number of rotatable bonds is 5. The second-order valence-electron chi connectivity index (χ2n) is 6.16. The summed E-state index contributed by atoms with van der Waals surface area (Å²) in [6.45, 7) is 3.01. The first-order valence-corrected chi connectivity index (χ1v) is 7.35. The first-order valence-electron chi connectivity index (χ1n) is 7.35. The highest BCUT2D eigenvalue weighted by Gasteiger charge is 2.39. The largest absolute Gasteiger partial charge is 0.314 e. The van der Waals surface area contributed by atoms with Gasteiger partial charge in [0.15, 0.2) is 0 Å². The Kier molecular flexibility index (Phi) is 4.96. The van der Waals surface area contributed by atoms with E-state index < -0.39 is 5.92 Å². The number of alkyl halides is 2. The molecule has 1 saturated carbocycles. The fraction of sp³-hybridized carbons (Fsp3) is 1.00. The van der Waals surface area contributed by atoms with Crippen molar-refractivity contribution in [2.45, 2.75) is 56.9 Å². The molecule has 0 aromatic heterocycles. The van der Waals surface area contributed by atoms with E-state index in [1.54, 1.807) is 0 Å². The van der Waals surface area contributed by atoms with Crippen molar-refractivity contribution in [3.63, 3.8) is 0 Å². The smallest absolute Gasteiger partial charge is 0.248 e. The molecule has 1 heterocycles. The zero-order valence-electron chi connectivity index (χ0n) is 11.4. The Hall–Kier alpha value is -0.220. The zero-order valence-corrected chi connectivity index (χ0v) is 11.4. The molecule has 106 valence electrons. The van der Waals surface area contributed by atoms with Gasteiger partial charge in [-0.1, -0.05) is 6.42 Å². The highest BCUT2D eigenvalue weighted by Crippen LogP contribution is 2.38. The van der Waals surface area contributed by atoms with Crippen LogP contribution in [0.2, 0.25) is 0 Å². The maximum absolute atomic E-state index is 13.1. The Labute approximate surface area is 109 Å². The van der Waals surface area contributed by atoms with Crippen molar-refractivity contribution in [2.75, 3.05) is 26.7 Å². The highest BCUT2D eigenvalue weighted by molar-refractivity contribution is 4.83. The molecule has 0 amide bonds. The molecule has 2 aliphatic rings. The van der Waals surface area contributed by atoms with Crippen LogP contribution in [0.25, 0.3) is 0 Å². The lowest BCUT2D eigenvalue weighted by Crippen LogP contribution is -2.37. The van der Waals surface area contributed by atoms with Gasteiger partial charge in [0.1, 0.15) is 0 Å². The molecule has 2 atom stereocenters. The van der Waals surface area contributed by atoms with Crippen LogP contribution in [0.4, 0.5) is 8.78 Å². The Morgan fingerprint density at radius 1 is 1.28 bits per heavy atom. The van der Waals surface area contributed by atoms with E-state index in [9.17, 15) is 8.78 Å². The van der Waals surface area contributed by atoms with E-state index in [0.717, 1.165) is 26.1 Å². The molecule has 1 N–H and O–H groups in total. The first kappa shape index (κ1) is 14.2. The average Bonchev–Trinajstić information content (AvgIpc) is 2.67. The van der Waals surface area contributed by atoms with Crippen molar-refractivity contribution < 1.29 is 8.78 Å². The van der Waals surface area contributed by atoms with Crippen LogP contribution in [0.5, 0.6) is 0 Å². The lowest BCUT2D eigenvalue weighted by Gasteiger charge is -2.27. The monoisotopic (exact) mass is 260 g/mol. The Morgan fingerprint density at radius 2 is 2.11 bits per heavy atom. The number of nitrogens with zero attached hydrogens (tertiary/aromatic N) is 1. The van der Waals surface area contributed by atoms with Gasteiger partial charge in [-0.15, -0.1) is 0 Å². The standard InChI is InChI=1S/C14H26F2N2/c1-18(9-6-13-4-2-3-8-17-13)11-12-5-7-14(15,16)10-12/h12-13,17H,2-11H2,1H3. The summed E-state index contributed by atoms with van der Waals surface area (Å²) in [4.78, 5) is 2.24. The SMILES string of the molecule is CN(CCC1CCCCN1)CC1CCC(F)(F)C1. The van der Waals surface area contributed by atoms with Crippen molar-refractivity contribution in [1.82, 2.24) is 10.2 Å². The fourth-order valence-corrected chi connectivity index (χ4v) is 3.28. The van der Waals surface area contributed by atoms with E-state index in [1.165, 1.54) is 19.3 Å². The molecule has 2 unspecified atom stereocenters. The maximum atomic E-state index is 13.1. The van der Waals surface area contributed by atoms with Crippen LogP contribution in [0, 0.1) is 5.92 Å². The van der Waals surface area contributed by atoms with Crippen molar-refractivity contribution in [1.29, 1.82) is 0 Å². The van der Waals surface area contributed by atoms with Gasteiger partial charge < -0.3 is 10.2 Å². The molecule has 2 rings (SSSR count). The second-order valence-corrected chi connectivity index (χ2v) is 6.16. The molecule has 4 heteroatoms. The van der Waals surface area contributed by atoms with Crippen LogP contribution < -0.4 is 5.32 Å². The van der Waals surface area contributed by atoms with Gasteiger partial charge in [-0.05, 0) is 51.7 Å². The van der Waals surface area contributed by atoms with E-state index >= 15 is 0 Å². The lowest BCUT2D eigenvalue weighted by atomic mass is 10.0. The molecule has 18 heavy (non-hydrogen) atoms. The van der Waals surface area contributed by atoms with Crippen LogP contribution in [0.3, 0.4) is 0 Å². The van der Waals surface area contributed by atoms with Gasteiger partial charge in [-0.25, -0.2) is 8.78 Å². The van der Waals surface area contributed by atoms with Gasteiger partial charge in [0, 0.05) is 25.4 Å². The number of nitrogens with one attached hydrogen (secondary N) is 1. The molecule has 0 aromatic carbocycles. The van der Waals surface area contributed by atoms with Gasteiger partial charge in [-0.2, -0.15) is 0 Å². The molecule has 1 saturated heterocycles. The molecule has 2 fully saturated rings. The Balaban J connectivity index is 1.61. The third kappa shape index (κ3) is 4.47. The number of piperidine rings is 1. The zero-order chi connectivity index (χ0) is 13.0. The molecule has 2 nitrogen and oxygen atoms in total. The summed E-state index contributed by atoms with van der Waals surface area (Å²) in [5.41, 5.74) is 0. The van der Waals surface area contributed by atoms with Crippen molar-refractivity contribution in [3.05, 3.63) is 0 Å². The first-order chi connectivity index (χ1) is 8.55. The molecule has 0 aromatic rings. The number of hydrogen-bond acceptors (Lipinski definition) is 2. The van der Waals surface area contributed by atoms with Crippen molar-refractivity contribution in [3.8, 4) is 0 Å². The van der Waals surface area contributed by atoms with Crippen LogP contribution >= 0.6 is 0 Å². The van der Waals surface area contributed by atoms with E-state index in [2.05, 4.69) is 17.3 Å². The average molecular weight is 260 g/mol. The lowest BCUT2D eigenvalue weighted by molar-refractivity contribution is 0.00376. The number of hydrogen-bond donors (Lipinski definition) is 1. The summed E-state index contributed by atoms with van der Waals surface area (Å²) in [5, 5.41) is 3.53. The third-order valence-corrected chi connectivity index (χ3v) is 4.35. The molecular formula is C14H26F2N2. The second kappa shape index (κ2) is 6.29. The molecule has 1 aliphatic heterocycles. The highest BCUT2D eigenvalue weighted by atomic mass is 19.3.